The van der Waals surface area contributed by atoms with Gasteiger partial charge in [0.1, 0.15) is 43.4 Å². The van der Waals surface area contributed by atoms with Crippen molar-refractivity contribution < 1.29 is 39.0 Å². The maximum Gasteiger partial charge on any atom is 0.186 e. The Morgan fingerprint density at radius 3 is 2.42 bits per heavy atom. The van der Waals surface area contributed by atoms with E-state index in [1.165, 1.54) is 14.2 Å². The minimum absolute atomic E-state index is 0.387. The lowest BCUT2D eigenvalue weighted by atomic mass is 9.91. The Labute approximate surface area is 184 Å². The van der Waals surface area contributed by atoms with Gasteiger partial charge in [-0.05, 0) is 41.8 Å². The molecule has 0 aliphatic carbocycles. The highest BCUT2D eigenvalue weighted by atomic mass is 35.5. The molecule has 0 spiro atoms. The second kappa shape index (κ2) is 9.20. The van der Waals surface area contributed by atoms with Gasteiger partial charge in [-0.3, -0.25) is 0 Å². The molecule has 4 rings (SSSR count). The third kappa shape index (κ3) is 4.32. The van der Waals surface area contributed by atoms with Crippen molar-refractivity contribution in [3.63, 3.8) is 0 Å². The fourth-order valence-corrected chi connectivity index (χ4v) is 4.09. The van der Waals surface area contributed by atoms with E-state index in [0.717, 1.165) is 11.1 Å². The molecule has 0 aromatic heterocycles. The lowest BCUT2D eigenvalue weighted by Crippen LogP contribution is -2.54. The van der Waals surface area contributed by atoms with Crippen LogP contribution in [-0.4, -0.2) is 67.4 Å². The van der Waals surface area contributed by atoms with Crippen LogP contribution >= 0.6 is 11.6 Å². The summed E-state index contributed by atoms with van der Waals surface area (Å²) in [5.74, 6) is 1.77. The first kappa shape index (κ1) is 22.1. The molecule has 3 N–H and O–H groups in total. The highest BCUT2D eigenvalue weighted by Crippen LogP contribution is 2.40. The third-order valence-corrected chi connectivity index (χ3v) is 5.86. The molecule has 2 heterocycles. The van der Waals surface area contributed by atoms with E-state index in [2.05, 4.69) is 0 Å². The van der Waals surface area contributed by atoms with E-state index in [-0.39, 0.29) is 0 Å². The number of methoxy groups -OCH3 is 2. The number of aliphatic hydroxyl groups is 3. The van der Waals surface area contributed by atoms with Crippen molar-refractivity contribution in [1.29, 1.82) is 0 Å². The van der Waals surface area contributed by atoms with Crippen molar-refractivity contribution in [2.45, 2.75) is 37.1 Å². The summed E-state index contributed by atoms with van der Waals surface area (Å²) in [6.07, 6.45) is -5.84. The molecule has 5 atom stereocenters. The topological polar surface area (TPSA) is 107 Å². The van der Waals surface area contributed by atoms with Crippen LogP contribution in [0, 0.1) is 0 Å². The van der Waals surface area contributed by atoms with Crippen LogP contribution in [0.2, 0.25) is 5.02 Å². The predicted molar refractivity (Wildman–Crippen MR) is 111 cm³/mol. The molecule has 31 heavy (non-hydrogen) atoms. The second-order valence-electron chi connectivity index (χ2n) is 7.47. The summed E-state index contributed by atoms with van der Waals surface area (Å²) in [6, 6.07) is 9.10. The molecule has 168 valence electrons. The number of halogens is 1. The van der Waals surface area contributed by atoms with Gasteiger partial charge in [-0.2, -0.15) is 0 Å². The summed E-state index contributed by atoms with van der Waals surface area (Å²) in [4.78, 5) is 0. The number of hydrogen-bond donors (Lipinski definition) is 3. The third-order valence-electron chi connectivity index (χ3n) is 5.51. The van der Waals surface area contributed by atoms with Gasteiger partial charge in [-0.1, -0.05) is 17.7 Å². The van der Waals surface area contributed by atoms with E-state index in [4.69, 9.17) is 35.3 Å². The van der Waals surface area contributed by atoms with Gasteiger partial charge in [0.25, 0.3) is 0 Å². The first-order chi connectivity index (χ1) is 14.9. The minimum atomic E-state index is -1.45. The van der Waals surface area contributed by atoms with E-state index in [1.807, 2.05) is 18.2 Å². The van der Waals surface area contributed by atoms with Gasteiger partial charge in [0.15, 0.2) is 17.8 Å². The molecule has 2 aliphatic rings. The average Bonchev–Trinajstić information content (AvgIpc) is 2.79. The van der Waals surface area contributed by atoms with Crippen molar-refractivity contribution in [3.05, 3.63) is 52.0 Å². The maximum atomic E-state index is 10.6. The summed E-state index contributed by atoms with van der Waals surface area (Å²) in [7, 11) is 2.83. The average molecular weight is 453 g/mol. The van der Waals surface area contributed by atoms with Gasteiger partial charge in [0, 0.05) is 17.7 Å². The normalized spacial score (nSPS) is 27.7. The van der Waals surface area contributed by atoms with E-state index in [1.54, 1.807) is 12.1 Å². The lowest BCUT2D eigenvalue weighted by molar-refractivity contribution is -0.292. The van der Waals surface area contributed by atoms with Gasteiger partial charge in [0.05, 0.1) is 7.11 Å². The van der Waals surface area contributed by atoms with Crippen LogP contribution in [0.5, 0.6) is 17.2 Å². The zero-order valence-electron chi connectivity index (χ0n) is 17.2. The zero-order valence-corrected chi connectivity index (χ0v) is 17.9. The molecule has 2 aliphatic heterocycles. The molecule has 1 fully saturated rings. The first-order valence-electron chi connectivity index (χ1n) is 9.90. The molecule has 0 radical (unpaired) electrons. The molecule has 0 unspecified atom stereocenters. The van der Waals surface area contributed by atoms with Crippen molar-refractivity contribution in [2.75, 3.05) is 27.4 Å². The van der Waals surface area contributed by atoms with E-state index < -0.39 is 30.7 Å². The van der Waals surface area contributed by atoms with Crippen molar-refractivity contribution in [1.82, 2.24) is 0 Å². The van der Waals surface area contributed by atoms with Gasteiger partial charge in [-0.25, -0.2) is 0 Å². The number of rotatable bonds is 5. The summed E-state index contributed by atoms with van der Waals surface area (Å²) >= 11 is 6.50. The van der Waals surface area contributed by atoms with E-state index >= 15 is 0 Å². The quantitative estimate of drug-likeness (QED) is 0.631. The number of aliphatic hydroxyl groups excluding tert-OH is 3. The van der Waals surface area contributed by atoms with Crippen molar-refractivity contribution >= 4 is 11.6 Å². The summed E-state index contributed by atoms with van der Waals surface area (Å²) in [6.45, 7) is 1.02. The monoisotopic (exact) mass is 452 g/mol. The standard InChI is InChI=1S/C22H25ClO8/c1-27-16-10-14(23)12(7-11-3-4-15-17(8-11)30-6-5-29-15)9-13(16)21-19(25)18(24)20(26)22(28-2)31-21/h3-4,8-10,18-22,24-26H,5-7H2,1-2H3/t18-,19-,20-,21-,22-/m0/s1. The Morgan fingerprint density at radius 2 is 1.71 bits per heavy atom. The van der Waals surface area contributed by atoms with Gasteiger partial charge in [-0.15, -0.1) is 0 Å². The number of fused-ring (bicyclic) bond motifs is 1. The molecular weight excluding hydrogens is 428 g/mol. The molecule has 9 heteroatoms. The van der Waals surface area contributed by atoms with Crippen LogP contribution < -0.4 is 14.2 Å². The molecule has 0 bridgehead atoms. The van der Waals surface area contributed by atoms with Crippen LogP contribution in [0.3, 0.4) is 0 Å². The molecule has 2 aromatic rings. The van der Waals surface area contributed by atoms with Crippen molar-refractivity contribution in [3.8, 4) is 17.2 Å². The molecule has 1 saturated heterocycles. The van der Waals surface area contributed by atoms with Crippen LogP contribution in [0.25, 0.3) is 0 Å². The Bertz CT molecular complexity index is 934. The fourth-order valence-electron chi connectivity index (χ4n) is 3.87. The van der Waals surface area contributed by atoms with E-state index in [0.29, 0.717) is 47.5 Å². The summed E-state index contributed by atoms with van der Waals surface area (Å²) in [5.41, 5.74) is 2.21. The van der Waals surface area contributed by atoms with Crippen LogP contribution in [0.4, 0.5) is 0 Å². The first-order valence-corrected chi connectivity index (χ1v) is 10.3. The SMILES string of the molecule is COc1cc(Cl)c(Cc2ccc3c(c2)OCCO3)cc1[C@@H]1O[C@H](OC)[C@@H](O)[C@@H](O)[C@@H]1O. The zero-order chi connectivity index (χ0) is 22.1. The molecule has 0 amide bonds. The molecule has 0 saturated carbocycles. The Balaban J connectivity index is 1.67. The van der Waals surface area contributed by atoms with Crippen LogP contribution in [-0.2, 0) is 15.9 Å². The highest BCUT2D eigenvalue weighted by molar-refractivity contribution is 6.31. The molecular formula is C22H25ClO8. The predicted octanol–water partition coefficient (Wildman–Crippen LogP) is 1.84. The Hall–Kier alpha value is -2.07. The maximum absolute atomic E-state index is 10.6. The Morgan fingerprint density at radius 1 is 0.968 bits per heavy atom. The highest BCUT2D eigenvalue weighted by Gasteiger charge is 2.45. The van der Waals surface area contributed by atoms with Gasteiger partial charge >= 0.3 is 0 Å². The minimum Gasteiger partial charge on any atom is -0.496 e. The number of ether oxygens (including phenoxy) is 5. The van der Waals surface area contributed by atoms with Gasteiger partial charge in [0.2, 0.25) is 0 Å². The number of hydrogen-bond acceptors (Lipinski definition) is 8. The smallest absolute Gasteiger partial charge is 0.186 e. The summed E-state index contributed by atoms with van der Waals surface area (Å²) < 4.78 is 27.5. The molecule has 2 aromatic carbocycles. The number of benzene rings is 2. The molecule has 8 nitrogen and oxygen atoms in total. The lowest BCUT2D eigenvalue weighted by Gasteiger charge is -2.40. The van der Waals surface area contributed by atoms with Crippen LogP contribution in [0.1, 0.15) is 22.8 Å². The van der Waals surface area contributed by atoms with E-state index in [9.17, 15) is 15.3 Å². The van der Waals surface area contributed by atoms with Gasteiger partial charge < -0.3 is 39.0 Å². The van der Waals surface area contributed by atoms with Crippen molar-refractivity contribution in [2.24, 2.45) is 0 Å². The summed E-state index contributed by atoms with van der Waals surface area (Å²) in [5, 5.41) is 31.4. The second-order valence-corrected chi connectivity index (χ2v) is 7.88. The largest absolute Gasteiger partial charge is 0.496 e. The fraction of sp³-hybridized carbons (Fsp3) is 0.455. The Kier molecular flexibility index (Phi) is 6.57. The van der Waals surface area contributed by atoms with Crippen LogP contribution in [0.15, 0.2) is 30.3 Å².